The number of pyridine rings is 1. The van der Waals surface area contributed by atoms with Crippen molar-refractivity contribution in [3.63, 3.8) is 0 Å². The first-order chi connectivity index (χ1) is 9.90. The molecule has 110 valence electrons. The molecular weight excluding hydrogens is 288 g/mol. The molecule has 1 amide bonds. The van der Waals surface area contributed by atoms with Gasteiger partial charge < -0.3 is 10.3 Å². The van der Waals surface area contributed by atoms with Crippen molar-refractivity contribution in [1.29, 1.82) is 0 Å². The molecule has 2 aromatic heterocycles. The number of aryl methyl sites for hydroxylation is 2. The van der Waals surface area contributed by atoms with E-state index >= 15 is 0 Å². The van der Waals surface area contributed by atoms with Crippen LogP contribution in [0.4, 0.5) is 0 Å². The van der Waals surface area contributed by atoms with Gasteiger partial charge in [-0.3, -0.25) is 9.59 Å². The van der Waals surface area contributed by atoms with Gasteiger partial charge in [0.05, 0.1) is 11.3 Å². The molecule has 0 radical (unpaired) electrons. The topological polar surface area (TPSA) is 90.9 Å². The molecule has 0 aliphatic carbocycles. The van der Waals surface area contributed by atoms with Crippen LogP contribution in [0.25, 0.3) is 0 Å². The van der Waals surface area contributed by atoms with Crippen LogP contribution in [-0.2, 0) is 12.8 Å². The summed E-state index contributed by atoms with van der Waals surface area (Å²) < 4.78 is 1.50. The number of nitrogens with zero attached hydrogens (tertiary/aromatic N) is 3. The van der Waals surface area contributed by atoms with Gasteiger partial charge in [0.2, 0.25) is 0 Å². The third kappa shape index (κ3) is 3.30. The Kier molecular flexibility index (Phi) is 4.42. The summed E-state index contributed by atoms with van der Waals surface area (Å²) in [6.07, 6.45) is 1.71. The zero-order valence-corrected chi connectivity index (χ0v) is 12.9. The van der Waals surface area contributed by atoms with Crippen molar-refractivity contribution in [1.82, 2.24) is 14.8 Å². The van der Waals surface area contributed by atoms with E-state index in [0.717, 1.165) is 11.1 Å². The Bertz CT molecular complexity index is 755. The fraction of sp³-hybridized carbons (Fsp3) is 0.286. The lowest BCUT2D eigenvalue weighted by Crippen LogP contribution is -2.17. The predicted octanol–water partition coefficient (Wildman–Crippen LogP) is 1.18. The summed E-state index contributed by atoms with van der Waals surface area (Å²) in [7, 11) is 1.69. The van der Waals surface area contributed by atoms with Gasteiger partial charge in [0.25, 0.3) is 11.5 Å². The molecule has 7 heteroatoms. The second-order valence-corrected chi connectivity index (χ2v) is 5.69. The van der Waals surface area contributed by atoms with Gasteiger partial charge in [-0.05, 0) is 31.0 Å². The molecule has 0 saturated carbocycles. The first kappa shape index (κ1) is 15.2. The summed E-state index contributed by atoms with van der Waals surface area (Å²) in [6.45, 7) is 3.58. The van der Waals surface area contributed by atoms with Crippen molar-refractivity contribution in [2.24, 2.45) is 12.8 Å². The molecule has 0 aliphatic heterocycles. The maximum absolute atomic E-state index is 11.6. The number of hydrogen-bond donors (Lipinski definition) is 1. The van der Waals surface area contributed by atoms with E-state index < -0.39 is 5.91 Å². The van der Waals surface area contributed by atoms with Gasteiger partial charge >= 0.3 is 0 Å². The highest BCUT2D eigenvalue weighted by Crippen LogP contribution is 2.26. The zero-order chi connectivity index (χ0) is 15.6. The normalized spacial score (nSPS) is 10.6. The Balaban J connectivity index is 2.28. The maximum Gasteiger partial charge on any atom is 0.251 e. The maximum atomic E-state index is 11.6. The number of carbonyl (C=O) groups is 1. The van der Waals surface area contributed by atoms with Crippen LogP contribution < -0.4 is 11.3 Å². The van der Waals surface area contributed by atoms with Crippen LogP contribution in [0.1, 0.15) is 27.2 Å². The van der Waals surface area contributed by atoms with Crippen molar-refractivity contribution >= 4 is 17.7 Å². The summed E-state index contributed by atoms with van der Waals surface area (Å²) in [5.74, 6) is 0.00468. The Morgan fingerprint density at radius 1 is 1.38 bits per heavy atom. The Labute approximate surface area is 126 Å². The average Bonchev–Trinajstić information content (AvgIpc) is 2.43. The molecule has 2 rings (SSSR count). The molecule has 6 nitrogen and oxygen atoms in total. The summed E-state index contributed by atoms with van der Waals surface area (Å²) in [5, 5.41) is 8.56. The molecule has 0 aliphatic rings. The van der Waals surface area contributed by atoms with Gasteiger partial charge in [-0.2, -0.15) is 5.10 Å². The Morgan fingerprint density at radius 2 is 2.10 bits per heavy atom. The summed E-state index contributed by atoms with van der Waals surface area (Å²) in [4.78, 5) is 23.2. The summed E-state index contributed by atoms with van der Waals surface area (Å²) >= 11 is 1.34. The minimum atomic E-state index is -0.517. The number of carbonyl (C=O) groups excluding carboxylic acids is 1. The zero-order valence-electron chi connectivity index (χ0n) is 12.1. The highest BCUT2D eigenvalue weighted by molar-refractivity contribution is 7.98. The number of nitrogens with two attached hydrogens (primary N) is 1. The lowest BCUT2D eigenvalue weighted by molar-refractivity contribution is 0.0995. The van der Waals surface area contributed by atoms with Crippen LogP contribution in [0.2, 0.25) is 0 Å². The number of aromatic nitrogens is 3. The Morgan fingerprint density at radius 3 is 2.71 bits per heavy atom. The number of rotatable bonds is 4. The summed E-state index contributed by atoms with van der Waals surface area (Å²) in [5.41, 5.74) is 8.03. The van der Waals surface area contributed by atoms with Crippen molar-refractivity contribution < 1.29 is 4.79 Å². The van der Waals surface area contributed by atoms with Crippen molar-refractivity contribution in [2.45, 2.75) is 24.6 Å². The Hall–Kier alpha value is -2.15. The molecule has 2 aromatic rings. The molecule has 2 heterocycles. The fourth-order valence-corrected chi connectivity index (χ4v) is 2.79. The van der Waals surface area contributed by atoms with Crippen molar-refractivity contribution in [3.8, 4) is 0 Å². The number of thioether (sulfide) groups is 1. The van der Waals surface area contributed by atoms with E-state index in [2.05, 4.69) is 10.2 Å². The van der Waals surface area contributed by atoms with Crippen LogP contribution in [0.3, 0.4) is 0 Å². The van der Waals surface area contributed by atoms with E-state index in [9.17, 15) is 9.59 Å². The van der Waals surface area contributed by atoms with E-state index in [4.69, 9.17) is 5.73 Å². The van der Waals surface area contributed by atoms with Gasteiger partial charge in [-0.1, -0.05) is 11.8 Å². The van der Waals surface area contributed by atoms with Gasteiger partial charge in [0.1, 0.15) is 5.03 Å². The predicted molar refractivity (Wildman–Crippen MR) is 81.3 cm³/mol. The smallest absolute Gasteiger partial charge is 0.251 e. The largest absolute Gasteiger partial charge is 0.366 e. The molecule has 0 saturated heterocycles. The third-order valence-corrected chi connectivity index (χ3v) is 4.25. The molecule has 0 atom stereocenters. The number of hydrogen-bond acceptors (Lipinski definition) is 5. The molecular formula is C14H16N4O2S. The van der Waals surface area contributed by atoms with E-state index in [1.165, 1.54) is 16.3 Å². The highest BCUT2D eigenvalue weighted by atomic mass is 32.2. The second-order valence-electron chi connectivity index (χ2n) is 4.73. The van der Waals surface area contributed by atoms with Crippen LogP contribution in [0.15, 0.2) is 28.2 Å². The van der Waals surface area contributed by atoms with Gasteiger partial charge in [0.15, 0.2) is 0 Å². The second kappa shape index (κ2) is 6.09. The third-order valence-electron chi connectivity index (χ3n) is 3.21. The van der Waals surface area contributed by atoms with Crippen molar-refractivity contribution in [3.05, 3.63) is 51.1 Å². The highest BCUT2D eigenvalue weighted by Gasteiger charge is 2.16. The number of amides is 1. The van der Waals surface area contributed by atoms with Gasteiger partial charge in [-0.15, -0.1) is 5.10 Å². The molecule has 0 spiro atoms. The standard InChI is InChI=1S/C14H16N4O2S/c1-8-9(2)16-17-14(12(8)13(15)20)21-7-10-4-5-18(3)11(19)6-10/h4-6H,7H2,1-3H3,(H2,15,20). The van der Waals surface area contributed by atoms with Crippen LogP contribution >= 0.6 is 11.8 Å². The van der Waals surface area contributed by atoms with Crippen LogP contribution in [0.5, 0.6) is 0 Å². The number of primary amides is 1. The first-order valence-electron chi connectivity index (χ1n) is 6.32. The van der Waals surface area contributed by atoms with Crippen molar-refractivity contribution in [2.75, 3.05) is 0 Å². The van der Waals surface area contributed by atoms with E-state index in [1.807, 2.05) is 6.07 Å². The molecule has 21 heavy (non-hydrogen) atoms. The van der Waals surface area contributed by atoms with E-state index in [0.29, 0.717) is 22.0 Å². The molecule has 2 N–H and O–H groups in total. The lowest BCUT2D eigenvalue weighted by Gasteiger charge is -2.09. The molecule has 0 bridgehead atoms. The SMILES string of the molecule is Cc1nnc(SCc2ccn(C)c(=O)c2)c(C(N)=O)c1C. The molecule has 0 aromatic carbocycles. The minimum Gasteiger partial charge on any atom is -0.366 e. The molecule has 0 fully saturated rings. The van der Waals surface area contributed by atoms with E-state index in [1.54, 1.807) is 33.2 Å². The van der Waals surface area contributed by atoms with E-state index in [-0.39, 0.29) is 5.56 Å². The quantitative estimate of drug-likeness (QED) is 0.857. The average molecular weight is 304 g/mol. The fourth-order valence-electron chi connectivity index (χ4n) is 1.81. The van der Waals surface area contributed by atoms with Crippen LogP contribution in [-0.4, -0.2) is 20.7 Å². The molecule has 0 unspecified atom stereocenters. The summed E-state index contributed by atoms with van der Waals surface area (Å²) in [6, 6.07) is 3.41. The van der Waals surface area contributed by atoms with Gasteiger partial charge in [-0.25, -0.2) is 0 Å². The van der Waals surface area contributed by atoms with Gasteiger partial charge in [0, 0.05) is 25.1 Å². The lowest BCUT2D eigenvalue weighted by atomic mass is 10.1. The monoisotopic (exact) mass is 304 g/mol. The minimum absolute atomic E-state index is 0.0746. The first-order valence-corrected chi connectivity index (χ1v) is 7.30. The van der Waals surface area contributed by atoms with Crippen LogP contribution in [0, 0.1) is 13.8 Å².